The maximum atomic E-state index is 13.0. The molecule has 8 atom stereocenters. The van der Waals surface area contributed by atoms with E-state index in [1.807, 2.05) is 0 Å². The van der Waals surface area contributed by atoms with Gasteiger partial charge in [0.2, 0.25) is 0 Å². The number of hydrogen-bond donors (Lipinski definition) is 2. The highest BCUT2D eigenvalue weighted by Gasteiger charge is 2.69. The molecule has 0 spiro atoms. The second kappa shape index (κ2) is 12.6. The molecule has 5 nitrogen and oxygen atoms in total. The molecule has 0 heterocycles. The van der Waals surface area contributed by atoms with E-state index in [0.717, 1.165) is 70.8 Å². The number of aliphatic carboxylic acids is 1. The molecule has 4 fully saturated rings. The summed E-state index contributed by atoms with van der Waals surface area (Å²) in [6, 6.07) is 0. The number of unbranched alkanes of at least 4 members (excludes halogenated alkanes) is 5. The monoisotopic (exact) mass is 626 g/mol. The van der Waals surface area contributed by atoms with E-state index < -0.39 is 11.4 Å². The molecule has 2 N–H and O–H groups in total. The van der Waals surface area contributed by atoms with Gasteiger partial charge >= 0.3 is 11.9 Å². The summed E-state index contributed by atoms with van der Waals surface area (Å²) in [5.41, 5.74) is 1.39. The molecule has 0 aliphatic heterocycles. The Morgan fingerprint density at radius 1 is 0.867 bits per heavy atom. The summed E-state index contributed by atoms with van der Waals surface area (Å²) in [6.07, 6.45) is 20.1. The number of rotatable bonds is 11. The second-order valence-electron chi connectivity index (χ2n) is 18.5. The van der Waals surface area contributed by atoms with Crippen molar-refractivity contribution in [2.75, 3.05) is 13.1 Å². The van der Waals surface area contributed by atoms with Crippen molar-refractivity contribution >= 4 is 11.9 Å². The molecule has 0 saturated heterocycles. The average molecular weight is 626 g/mol. The van der Waals surface area contributed by atoms with Crippen molar-refractivity contribution in [1.29, 1.82) is 0 Å². The van der Waals surface area contributed by atoms with Gasteiger partial charge in [0.25, 0.3) is 0 Å². The first-order valence-corrected chi connectivity index (χ1v) is 18.9. The van der Waals surface area contributed by atoms with Crippen LogP contribution in [0.25, 0.3) is 0 Å². The van der Waals surface area contributed by atoms with Crippen LogP contribution in [0.5, 0.6) is 0 Å². The van der Waals surface area contributed by atoms with Gasteiger partial charge in [-0.1, -0.05) is 99.1 Å². The van der Waals surface area contributed by atoms with E-state index in [4.69, 9.17) is 4.74 Å². The number of nitrogens with one attached hydrogen (secondary N) is 1. The molecular weight excluding hydrogens is 558 g/mol. The van der Waals surface area contributed by atoms with Crippen molar-refractivity contribution in [3.05, 3.63) is 11.6 Å². The van der Waals surface area contributed by atoms with Gasteiger partial charge in [-0.15, -0.1) is 0 Å². The topological polar surface area (TPSA) is 75.6 Å². The molecule has 0 aromatic heterocycles. The number of hydrogen-bond acceptors (Lipinski definition) is 4. The van der Waals surface area contributed by atoms with E-state index in [1.54, 1.807) is 0 Å². The summed E-state index contributed by atoms with van der Waals surface area (Å²) >= 11 is 0. The largest absolute Gasteiger partial charge is 0.481 e. The summed E-state index contributed by atoms with van der Waals surface area (Å²) in [5.74, 6) is 0.560. The molecule has 5 aliphatic rings. The Morgan fingerprint density at radius 3 is 2.27 bits per heavy atom. The molecule has 0 unspecified atom stereocenters. The molecule has 5 heteroatoms. The molecule has 5 aliphatic carbocycles. The highest BCUT2D eigenvalue weighted by Crippen LogP contribution is 2.75. The number of carbonyl (C=O) groups excluding carboxylic acids is 1. The quantitative estimate of drug-likeness (QED) is 0.136. The summed E-state index contributed by atoms with van der Waals surface area (Å²) in [6.45, 7) is 20.6. The van der Waals surface area contributed by atoms with E-state index in [1.165, 1.54) is 44.1 Å². The molecule has 45 heavy (non-hydrogen) atoms. The Balaban J connectivity index is 1.29. The lowest BCUT2D eigenvalue weighted by atomic mass is 9.33. The molecule has 256 valence electrons. The Hall–Kier alpha value is -1.36. The number of carboxylic acids is 1. The SMILES string of the molecule is CCCCCCCCNCC(=O)O[C@H]1CC[C@]2(C)[C@H]3CC=C4[C@@H]5CC(C)(C)CC[C@]5(C(=O)O)CC[C@@]4(C)[C@]3(C)CC[C@H]2C1(C)C. The molecule has 0 radical (unpaired) electrons. The molecular formula is C40H67NO4. The van der Waals surface area contributed by atoms with Gasteiger partial charge in [0.05, 0.1) is 12.0 Å². The minimum absolute atomic E-state index is 0.0378. The van der Waals surface area contributed by atoms with Crippen molar-refractivity contribution in [3.8, 4) is 0 Å². The maximum Gasteiger partial charge on any atom is 0.320 e. The lowest BCUT2D eigenvalue weighted by Gasteiger charge is -2.71. The lowest BCUT2D eigenvalue weighted by Crippen LogP contribution is -2.65. The first-order chi connectivity index (χ1) is 21.1. The minimum atomic E-state index is -0.585. The van der Waals surface area contributed by atoms with Crippen LogP contribution in [-0.4, -0.2) is 36.2 Å². The van der Waals surface area contributed by atoms with Crippen LogP contribution >= 0.6 is 0 Å². The first-order valence-electron chi connectivity index (χ1n) is 18.9. The molecule has 0 amide bonds. The van der Waals surface area contributed by atoms with Crippen molar-refractivity contribution in [1.82, 2.24) is 5.32 Å². The number of carbonyl (C=O) groups is 2. The second-order valence-corrected chi connectivity index (χ2v) is 18.5. The van der Waals surface area contributed by atoms with Crippen molar-refractivity contribution in [3.63, 3.8) is 0 Å². The summed E-state index contributed by atoms with van der Waals surface area (Å²) < 4.78 is 6.27. The predicted molar refractivity (Wildman–Crippen MR) is 183 cm³/mol. The van der Waals surface area contributed by atoms with E-state index in [0.29, 0.717) is 18.4 Å². The zero-order chi connectivity index (χ0) is 32.9. The van der Waals surface area contributed by atoms with Crippen LogP contribution in [0, 0.1) is 50.2 Å². The van der Waals surface area contributed by atoms with Gasteiger partial charge in [-0.2, -0.15) is 0 Å². The van der Waals surface area contributed by atoms with E-state index >= 15 is 0 Å². The normalized spacial score (nSPS) is 41.5. The van der Waals surface area contributed by atoms with Gasteiger partial charge in [-0.05, 0) is 117 Å². The third-order valence-corrected chi connectivity index (χ3v) is 15.3. The van der Waals surface area contributed by atoms with E-state index in [-0.39, 0.29) is 45.1 Å². The highest BCUT2D eigenvalue weighted by atomic mass is 16.5. The zero-order valence-electron chi connectivity index (χ0n) is 30.3. The Morgan fingerprint density at radius 2 is 1.56 bits per heavy atom. The Kier molecular flexibility index (Phi) is 9.78. The third kappa shape index (κ3) is 5.86. The van der Waals surface area contributed by atoms with Gasteiger partial charge < -0.3 is 15.2 Å². The lowest BCUT2D eigenvalue weighted by molar-refractivity contribution is -0.213. The average Bonchev–Trinajstić information content (AvgIpc) is 2.96. The molecule has 0 aromatic carbocycles. The number of fused-ring (bicyclic) bond motifs is 7. The van der Waals surface area contributed by atoms with Gasteiger partial charge in [-0.3, -0.25) is 9.59 Å². The minimum Gasteiger partial charge on any atom is -0.481 e. The fourth-order valence-corrected chi connectivity index (χ4v) is 12.2. The predicted octanol–water partition coefficient (Wildman–Crippen LogP) is 9.73. The smallest absolute Gasteiger partial charge is 0.320 e. The summed E-state index contributed by atoms with van der Waals surface area (Å²) in [7, 11) is 0. The van der Waals surface area contributed by atoms with Crippen LogP contribution in [0.1, 0.15) is 158 Å². The molecule has 5 rings (SSSR count). The van der Waals surface area contributed by atoms with Crippen molar-refractivity contribution in [2.24, 2.45) is 50.2 Å². The number of esters is 1. The zero-order valence-corrected chi connectivity index (χ0v) is 30.3. The van der Waals surface area contributed by atoms with Crippen molar-refractivity contribution < 1.29 is 19.4 Å². The standard InChI is InChI=1S/C40H67NO4/c1-9-10-11-12-13-14-25-41-27-33(42)45-32-18-19-37(6)30(36(32,4)5)17-20-39(8)31(37)16-15-28-29-26-35(2,3)21-23-40(29,34(43)44)24-22-38(28,39)7/h15,29-32,41H,9-14,16-27H2,1-8H3,(H,43,44)/t29-,30-,31+,32-,37-,38+,39+,40-/m0/s1. The third-order valence-electron chi connectivity index (χ3n) is 15.3. The molecule has 4 saturated carbocycles. The number of ether oxygens (including phenoxy) is 1. The summed E-state index contributed by atoms with van der Waals surface area (Å²) in [5, 5.41) is 14.0. The van der Waals surface area contributed by atoms with Crippen LogP contribution in [-0.2, 0) is 14.3 Å². The van der Waals surface area contributed by atoms with Crippen molar-refractivity contribution in [2.45, 2.75) is 164 Å². The van der Waals surface area contributed by atoms with Crippen LogP contribution < -0.4 is 5.32 Å². The van der Waals surface area contributed by atoms with Crippen LogP contribution in [0.15, 0.2) is 11.6 Å². The highest BCUT2D eigenvalue weighted by molar-refractivity contribution is 5.76. The number of carboxylic acid groups (broad SMARTS) is 1. The van der Waals surface area contributed by atoms with Crippen LogP contribution in [0.2, 0.25) is 0 Å². The fraction of sp³-hybridized carbons (Fsp3) is 0.900. The van der Waals surface area contributed by atoms with Gasteiger partial charge in [0.15, 0.2) is 0 Å². The van der Waals surface area contributed by atoms with Gasteiger partial charge in [-0.25, -0.2) is 0 Å². The maximum absolute atomic E-state index is 13.0. The van der Waals surface area contributed by atoms with E-state index in [9.17, 15) is 14.7 Å². The first kappa shape index (κ1) is 35.0. The fourth-order valence-electron chi connectivity index (χ4n) is 12.2. The van der Waals surface area contributed by atoms with Gasteiger partial charge in [0.1, 0.15) is 6.10 Å². The Labute approximate surface area is 275 Å². The van der Waals surface area contributed by atoms with Crippen LogP contribution in [0.3, 0.4) is 0 Å². The van der Waals surface area contributed by atoms with Crippen LogP contribution in [0.4, 0.5) is 0 Å². The molecule has 0 bridgehead atoms. The van der Waals surface area contributed by atoms with Gasteiger partial charge in [0, 0.05) is 5.41 Å². The summed E-state index contributed by atoms with van der Waals surface area (Å²) in [4.78, 5) is 25.9. The molecule has 0 aromatic rings. The number of allylic oxidation sites excluding steroid dienone is 2. The van der Waals surface area contributed by atoms with E-state index in [2.05, 4.69) is 66.8 Å². The Bertz CT molecular complexity index is 1140.